The lowest BCUT2D eigenvalue weighted by atomic mass is 10.1. The molecule has 25 heavy (non-hydrogen) atoms. The zero-order valence-electron chi connectivity index (χ0n) is 13.3. The first-order valence-corrected chi connectivity index (χ1v) is 7.85. The summed E-state index contributed by atoms with van der Waals surface area (Å²) < 4.78 is 38.7. The first-order chi connectivity index (χ1) is 12.0. The highest BCUT2D eigenvalue weighted by Crippen LogP contribution is 2.32. The third kappa shape index (κ3) is 3.99. The number of nitrogens with one attached hydrogen (secondary N) is 1. The molecule has 130 valence electrons. The largest absolute Gasteiger partial charge is 0.433 e. The number of aromatic nitrogens is 2. The fraction of sp³-hybridized carbons (Fsp3) is 0.353. The second-order valence-corrected chi connectivity index (χ2v) is 5.87. The molecule has 1 atom stereocenters. The van der Waals surface area contributed by atoms with Gasteiger partial charge in [-0.15, -0.1) is 0 Å². The van der Waals surface area contributed by atoms with Crippen LogP contribution in [0.5, 0.6) is 0 Å². The van der Waals surface area contributed by atoms with Gasteiger partial charge in [-0.05, 0) is 36.6 Å². The van der Waals surface area contributed by atoms with Gasteiger partial charge in [0.05, 0.1) is 5.56 Å². The highest BCUT2D eigenvalue weighted by Gasteiger charge is 2.34. The van der Waals surface area contributed by atoms with Crippen LogP contribution in [-0.4, -0.2) is 29.6 Å². The molecule has 1 saturated heterocycles. The fourth-order valence-electron chi connectivity index (χ4n) is 2.84. The molecule has 0 aromatic carbocycles. The first-order valence-electron chi connectivity index (χ1n) is 7.85. The van der Waals surface area contributed by atoms with E-state index >= 15 is 0 Å². The molecule has 1 N–H and O–H groups in total. The van der Waals surface area contributed by atoms with Crippen LogP contribution in [0, 0.1) is 17.2 Å². The average molecular weight is 347 g/mol. The van der Waals surface area contributed by atoms with Gasteiger partial charge in [0, 0.05) is 25.8 Å². The van der Waals surface area contributed by atoms with Crippen LogP contribution in [0.2, 0.25) is 0 Å². The van der Waals surface area contributed by atoms with Crippen LogP contribution in [0.4, 0.5) is 24.8 Å². The van der Waals surface area contributed by atoms with Crippen molar-refractivity contribution in [3.63, 3.8) is 0 Å². The van der Waals surface area contributed by atoms with Crippen molar-refractivity contribution in [3.8, 4) is 6.07 Å². The Hall–Kier alpha value is -2.82. The Morgan fingerprint density at radius 3 is 2.80 bits per heavy atom. The van der Waals surface area contributed by atoms with Crippen molar-refractivity contribution in [1.82, 2.24) is 9.97 Å². The third-order valence-electron chi connectivity index (χ3n) is 4.11. The van der Waals surface area contributed by atoms with Crippen molar-refractivity contribution in [2.45, 2.75) is 12.6 Å². The van der Waals surface area contributed by atoms with E-state index in [0.717, 1.165) is 18.3 Å². The van der Waals surface area contributed by atoms with Gasteiger partial charge in [0.1, 0.15) is 23.4 Å². The van der Waals surface area contributed by atoms with Crippen molar-refractivity contribution in [2.24, 2.45) is 5.92 Å². The maximum Gasteiger partial charge on any atom is 0.433 e. The number of hydrogen-bond acceptors (Lipinski definition) is 5. The predicted octanol–water partition coefficient (Wildman–Crippen LogP) is 3.31. The lowest BCUT2D eigenvalue weighted by molar-refractivity contribution is -0.141. The van der Waals surface area contributed by atoms with Gasteiger partial charge in [0.15, 0.2) is 0 Å². The Balaban J connectivity index is 1.70. The highest BCUT2D eigenvalue weighted by atomic mass is 19.4. The topological polar surface area (TPSA) is 64.8 Å². The monoisotopic (exact) mass is 347 g/mol. The van der Waals surface area contributed by atoms with Crippen LogP contribution in [0.3, 0.4) is 0 Å². The van der Waals surface area contributed by atoms with Gasteiger partial charge in [-0.25, -0.2) is 9.97 Å². The van der Waals surface area contributed by atoms with E-state index in [-0.39, 0.29) is 17.3 Å². The Bertz CT molecular complexity index is 770. The summed E-state index contributed by atoms with van der Waals surface area (Å²) in [6.45, 7) is 1.77. The molecule has 5 nitrogen and oxygen atoms in total. The summed E-state index contributed by atoms with van der Waals surface area (Å²) in [5.41, 5.74) is -0.817. The highest BCUT2D eigenvalue weighted by molar-refractivity contribution is 5.55. The average Bonchev–Trinajstić information content (AvgIpc) is 3.08. The Morgan fingerprint density at radius 2 is 2.12 bits per heavy atom. The zero-order valence-corrected chi connectivity index (χ0v) is 13.3. The smallest absolute Gasteiger partial charge is 0.370 e. The molecule has 1 aliphatic rings. The molecule has 0 bridgehead atoms. The summed E-state index contributed by atoms with van der Waals surface area (Å²) in [5.74, 6) is 1.11. The summed E-state index contributed by atoms with van der Waals surface area (Å²) in [5, 5.41) is 12.4. The van der Waals surface area contributed by atoms with E-state index < -0.39 is 11.9 Å². The van der Waals surface area contributed by atoms with Crippen LogP contribution >= 0.6 is 0 Å². The van der Waals surface area contributed by atoms with Crippen molar-refractivity contribution < 1.29 is 13.2 Å². The molecule has 3 heterocycles. The fourth-order valence-corrected chi connectivity index (χ4v) is 2.84. The van der Waals surface area contributed by atoms with Crippen LogP contribution in [0.1, 0.15) is 17.7 Å². The molecule has 0 spiro atoms. The van der Waals surface area contributed by atoms with E-state index in [2.05, 4.69) is 15.3 Å². The molecule has 3 rings (SSSR count). The molecule has 1 aliphatic heterocycles. The van der Waals surface area contributed by atoms with Gasteiger partial charge >= 0.3 is 6.18 Å². The summed E-state index contributed by atoms with van der Waals surface area (Å²) in [6, 6.07) is 9.51. The third-order valence-corrected chi connectivity index (χ3v) is 4.11. The van der Waals surface area contributed by atoms with E-state index in [1.54, 1.807) is 11.1 Å². The van der Waals surface area contributed by atoms with Gasteiger partial charge in [-0.2, -0.15) is 18.4 Å². The Labute approximate surface area is 143 Å². The Morgan fingerprint density at radius 1 is 1.28 bits per heavy atom. The molecular weight excluding hydrogens is 331 g/mol. The van der Waals surface area contributed by atoms with Crippen LogP contribution < -0.4 is 10.2 Å². The number of hydrogen-bond donors (Lipinski definition) is 1. The molecule has 2 aromatic heterocycles. The maximum atomic E-state index is 12.9. The second kappa shape index (κ2) is 6.97. The van der Waals surface area contributed by atoms with Crippen molar-refractivity contribution in [3.05, 3.63) is 47.8 Å². The number of halogens is 3. The lowest BCUT2D eigenvalue weighted by Crippen LogP contribution is -2.25. The standard InChI is InChI=1S/C17H16F3N5/c18-17(19,20)14-5-4-13(9-21)16(24-14)25-8-6-12(11-25)10-23-15-3-1-2-7-22-15/h1-5,7,12H,6,8,10-11H2,(H,22,23)/t12-/m1/s1. The number of nitriles is 1. The van der Waals surface area contributed by atoms with Gasteiger partial charge in [0.2, 0.25) is 0 Å². The quantitative estimate of drug-likeness (QED) is 0.919. The summed E-state index contributed by atoms with van der Waals surface area (Å²) in [6.07, 6.45) is -2.03. The van der Waals surface area contributed by atoms with Crippen LogP contribution in [0.15, 0.2) is 36.5 Å². The molecule has 8 heteroatoms. The SMILES string of the molecule is N#Cc1ccc(C(F)(F)F)nc1N1CC[C@H](CNc2ccccn2)C1. The van der Waals surface area contributed by atoms with Crippen molar-refractivity contribution in [2.75, 3.05) is 29.9 Å². The minimum absolute atomic E-state index is 0.109. The summed E-state index contributed by atoms with van der Waals surface area (Å²) in [4.78, 5) is 9.62. The van der Waals surface area contributed by atoms with Crippen molar-refractivity contribution in [1.29, 1.82) is 5.26 Å². The molecule has 1 fully saturated rings. The molecule has 0 amide bonds. The van der Waals surface area contributed by atoms with E-state index in [1.807, 2.05) is 24.3 Å². The number of anilines is 2. The van der Waals surface area contributed by atoms with E-state index in [9.17, 15) is 18.4 Å². The van der Waals surface area contributed by atoms with E-state index in [0.29, 0.717) is 19.6 Å². The summed E-state index contributed by atoms with van der Waals surface area (Å²) in [7, 11) is 0. The Kier molecular flexibility index (Phi) is 4.74. The molecule has 2 aromatic rings. The van der Waals surface area contributed by atoms with Gasteiger partial charge < -0.3 is 10.2 Å². The van der Waals surface area contributed by atoms with E-state index in [1.165, 1.54) is 6.07 Å². The number of pyridine rings is 2. The number of rotatable bonds is 4. The predicted molar refractivity (Wildman–Crippen MR) is 87.0 cm³/mol. The van der Waals surface area contributed by atoms with Gasteiger partial charge in [0.25, 0.3) is 0 Å². The van der Waals surface area contributed by atoms with Crippen LogP contribution in [-0.2, 0) is 6.18 Å². The second-order valence-electron chi connectivity index (χ2n) is 5.87. The molecule has 0 unspecified atom stereocenters. The van der Waals surface area contributed by atoms with Crippen LogP contribution in [0.25, 0.3) is 0 Å². The number of nitrogens with zero attached hydrogens (tertiary/aromatic N) is 4. The number of alkyl halides is 3. The van der Waals surface area contributed by atoms with Crippen molar-refractivity contribution >= 4 is 11.6 Å². The molecule has 0 radical (unpaired) electrons. The van der Waals surface area contributed by atoms with E-state index in [4.69, 9.17) is 0 Å². The summed E-state index contributed by atoms with van der Waals surface area (Å²) >= 11 is 0. The molecule has 0 saturated carbocycles. The lowest BCUT2D eigenvalue weighted by Gasteiger charge is -2.20. The minimum Gasteiger partial charge on any atom is -0.370 e. The van der Waals surface area contributed by atoms with Gasteiger partial charge in [-0.3, -0.25) is 0 Å². The zero-order chi connectivity index (χ0) is 17.9. The minimum atomic E-state index is -4.53. The molecular formula is C17H16F3N5. The first kappa shape index (κ1) is 17.0. The molecule has 0 aliphatic carbocycles. The van der Waals surface area contributed by atoms with Gasteiger partial charge in [-0.1, -0.05) is 6.07 Å². The normalized spacial score (nSPS) is 17.4. The maximum absolute atomic E-state index is 12.9.